The Kier molecular flexibility index (Phi) is 5.57. The van der Waals surface area contributed by atoms with Crippen LogP contribution in [0.2, 0.25) is 0 Å². The maximum atomic E-state index is 12.0. The minimum atomic E-state index is -0.355. The molecule has 0 saturated heterocycles. The lowest BCUT2D eigenvalue weighted by molar-refractivity contribution is 0.0955. The highest BCUT2D eigenvalue weighted by atomic mass is 16.5. The molecule has 0 saturated carbocycles. The Morgan fingerprint density at radius 1 is 1.26 bits per heavy atom. The minimum absolute atomic E-state index is 0.0333. The number of hydrogen-bond donors (Lipinski definition) is 2. The van der Waals surface area contributed by atoms with E-state index in [1.165, 1.54) is 13.3 Å². The molecule has 0 bridgehead atoms. The summed E-state index contributed by atoms with van der Waals surface area (Å²) < 4.78 is 10.3. The molecule has 0 aliphatic rings. The van der Waals surface area contributed by atoms with Gasteiger partial charge in [0.2, 0.25) is 0 Å². The molecule has 0 radical (unpaired) electrons. The highest BCUT2D eigenvalue weighted by molar-refractivity contribution is 5.95. The van der Waals surface area contributed by atoms with Crippen molar-refractivity contribution in [2.45, 2.75) is 6.92 Å². The Morgan fingerprint density at radius 2 is 2.00 bits per heavy atom. The van der Waals surface area contributed by atoms with E-state index >= 15 is 0 Å². The van der Waals surface area contributed by atoms with Gasteiger partial charge in [-0.05, 0) is 43.3 Å². The second-order valence-corrected chi connectivity index (χ2v) is 4.55. The summed E-state index contributed by atoms with van der Waals surface area (Å²) in [6.07, 6.45) is 1.35. The third-order valence-corrected chi connectivity index (χ3v) is 3.05. The van der Waals surface area contributed by atoms with Gasteiger partial charge in [-0.1, -0.05) is 6.07 Å². The highest BCUT2D eigenvalue weighted by Gasteiger charge is 2.06. The molecule has 0 spiro atoms. The summed E-state index contributed by atoms with van der Waals surface area (Å²) in [5.41, 5.74) is 3.30. The molecule has 23 heavy (non-hydrogen) atoms. The fourth-order valence-electron chi connectivity index (χ4n) is 1.90. The van der Waals surface area contributed by atoms with Crippen molar-refractivity contribution in [3.05, 3.63) is 53.6 Å². The Bertz CT molecular complexity index is 696. The fourth-order valence-corrected chi connectivity index (χ4v) is 1.90. The topological polar surface area (TPSA) is 80.2 Å². The van der Waals surface area contributed by atoms with E-state index in [1.807, 2.05) is 6.92 Å². The van der Waals surface area contributed by atoms with Crippen LogP contribution in [0.25, 0.3) is 0 Å². The van der Waals surface area contributed by atoms with Crippen molar-refractivity contribution >= 4 is 12.1 Å². The maximum absolute atomic E-state index is 12.0. The van der Waals surface area contributed by atoms with Crippen molar-refractivity contribution in [3.63, 3.8) is 0 Å². The summed E-state index contributed by atoms with van der Waals surface area (Å²) >= 11 is 0. The molecular weight excluding hydrogens is 296 g/mol. The van der Waals surface area contributed by atoms with Gasteiger partial charge in [-0.3, -0.25) is 4.79 Å². The normalized spacial score (nSPS) is 10.5. The standard InChI is InChI=1S/C17H18N2O4/c1-3-23-14-9-7-12(8-10-14)17(21)19-18-11-13-5-4-6-15(22-2)16(13)20/h4-11,20H,3H2,1-2H3,(H,19,21). The van der Waals surface area contributed by atoms with Crippen molar-refractivity contribution in [3.8, 4) is 17.2 Å². The molecule has 0 fully saturated rings. The van der Waals surface area contributed by atoms with Gasteiger partial charge in [-0.2, -0.15) is 5.10 Å². The number of benzene rings is 2. The quantitative estimate of drug-likeness (QED) is 0.634. The number of ether oxygens (including phenoxy) is 2. The summed E-state index contributed by atoms with van der Waals surface area (Å²) in [6, 6.07) is 11.7. The average Bonchev–Trinajstić information content (AvgIpc) is 2.57. The largest absolute Gasteiger partial charge is 0.504 e. The summed E-state index contributed by atoms with van der Waals surface area (Å²) in [5, 5.41) is 13.8. The molecule has 6 heteroatoms. The van der Waals surface area contributed by atoms with Gasteiger partial charge in [-0.25, -0.2) is 5.43 Å². The number of hydrogen-bond acceptors (Lipinski definition) is 5. The van der Waals surface area contributed by atoms with Gasteiger partial charge >= 0.3 is 0 Å². The smallest absolute Gasteiger partial charge is 0.271 e. The van der Waals surface area contributed by atoms with Crippen molar-refractivity contribution < 1.29 is 19.4 Å². The third-order valence-electron chi connectivity index (χ3n) is 3.05. The molecule has 2 N–H and O–H groups in total. The van der Waals surface area contributed by atoms with Crippen LogP contribution in [0.5, 0.6) is 17.2 Å². The second kappa shape index (κ2) is 7.84. The monoisotopic (exact) mass is 314 g/mol. The Balaban J connectivity index is 2.01. The number of methoxy groups -OCH3 is 1. The number of amides is 1. The van der Waals surface area contributed by atoms with Crippen LogP contribution in [0, 0.1) is 0 Å². The van der Waals surface area contributed by atoms with Crippen molar-refractivity contribution in [1.29, 1.82) is 0 Å². The molecule has 0 aliphatic carbocycles. The zero-order valence-corrected chi connectivity index (χ0v) is 12.9. The molecule has 0 aliphatic heterocycles. The SMILES string of the molecule is CCOc1ccc(C(=O)NN=Cc2cccc(OC)c2O)cc1. The van der Waals surface area contributed by atoms with Crippen LogP contribution in [0.3, 0.4) is 0 Å². The van der Waals surface area contributed by atoms with Gasteiger partial charge in [0.25, 0.3) is 5.91 Å². The van der Waals surface area contributed by atoms with Crippen LogP contribution in [0.4, 0.5) is 0 Å². The van der Waals surface area contributed by atoms with Gasteiger partial charge in [0, 0.05) is 11.1 Å². The van der Waals surface area contributed by atoms with E-state index in [2.05, 4.69) is 10.5 Å². The molecule has 1 amide bonds. The van der Waals surface area contributed by atoms with Crippen molar-refractivity contribution in [2.75, 3.05) is 13.7 Å². The number of aromatic hydroxyl groups is 1. The van der Waals surface area contributed by atoms with Gasteiger partial charge in [0.05, 0.1) is 19.9 Å². The zero-order valence-electron chi connectivity index (χ0n) is 12.9. The third kappa shape index (κ3) is 4.23. The number of nitrogens with zero attached hydrogens (tertiary/aromatic N) is 1. The Hall–Kier alpha value is -3.02. The first-order chi connectivity index (χ1) is 11.2. The summed E-state index contributed by atoms with van der Waals surface area (Å²) in [4.78, 5) is 12.0. The first-order valence-electron chi connectivity index (χ1n) is 7.08. The number of carbonyl (C=O) groups excluding carboxylic acids is 1. The first-order valence-corrected chi connectivity index (χ1v) is 7.08. The van der Waals surface area contributed by atoms with Crippen LogP contribution in [-0.4, -0.2) is 30.9 Å². The number of phenols is 1. The Morgan fingerprint density at radius 3 is 2.65 bits per heavy atom. The van der Waals surface area contributed by atoms with E-state index in [0.717, 1.165) is 0 Å². The Labute approximate surface area is 134 Å². The predicted octanol–water partition coefficient (Wildman–Crippen LogP) is 2.56. The van der Waals surface area contributed by atoms with Gasteiger partial charge in [0.15, 0.2) is 11.5 Å². The first kappa shape index (κ1) is 16.4. The predicted molar refractivity (Wildman–Crippen MR) is 87.3 cm³/mol. The molecule has 2 aromatic rings. The van der Waals surface area contributed by atoms with Crippen molar-refractivity contribution in [2.24, 2.45) is 5.10 Å². The van der Waals surface area contributed by atoms with Crippen LogP contribution in [-0.2, 0) is 0 Å². The highest BCUT2D eigenvalue weighted by Crippen LogP contribution is 2.27. The fraction of sp³-hybridized carbons (Fsp3) is 0.176. The summed E-state index contributed by atoms with van der Waals surface area (Å²) in [6.45, 7) is 2.46. The molecule has 0 aromatic heterocycles. The lowest BCUT2D eigenvalue weighted by Gasteiger charge is -2.05. The number of hydrazone groups is 1. The average molecular weight is 314 g/mol. The van der Waals surface area contributed by atoms with E-state index in [0.29, 0.717) is 29.2 Å². The molecule has 6 nitrogen and oxygen atoms in total. The molecule has 2 aromatic carbocycles. The molecule has 0 unspecified atom stereocenters. The van der Waals surface area contributed by atoms with E-state index in [4.69, 9.17) is 9.47 Å². The van der Waals surface area contributed by atoms with E-state index < -0.39 is 0 Å². The van der Waals surface area contributed by atoms with Crippen LogP contribution in [0.1, 0.15) is 22.8 Å². The van der Waals surface area contributed by atoms with Gasteiger partial charge in [-0.15, -0.1) is 0 Å². The molecule has 0 heterocycles. The second-order valence-electron chi connectivity index (χ2n) is 4.55. The molecule has 120 valence electrons. The number of nitrogens with one attached hydrogen (secondary N) is 1. The minimum Gasteiger partial charge on any atom is -0.504 e. The van der Waals surface area contributed by atoms with Crippen molar-refractivity contribution in [1.82, 2.24) is 5.43 Å². The van der Waals surface area contributed by atoms with E-state index in [1.54, 1.807) is 42.5 Å². The lowest BCUT2D eigenvalue weighted by Crippen LogP contribution is -2.17. The number of phenolic OH excluding ortho intramolecular Hbond substituents is 1. The summed E-state index contributed by atoms with van der Waals surface area (Å²) in [5.74, 6) is 0.654. The zero-order chi connectivity index (χ0) is 16.7. The number of carbonyl (C=O) groups is 1. The number of para-hydroxylation sites is 1. The van der Waals surface area contributed by atoms with Gasteiger partial charge < -0.3 is 14.6 Å². The van der Waals surface area contributed by atoms with Crippen LogP contribution in [0.15, 0.2) is 47.6 Å². The molecule has 0 atom stereocenters. The van der Waals surface area contributed by atoms with E-state index in [9.17, 15) is 9.90 Å². The van der Waals surface area contributed by atoms with Gasteiger partial charge in [0.1, 0.15) is 5.75 Å². The molecule has 2 rings (SSSR count). The van der Waals surface area contributed by atoms with Crippen LogP contribution < -0.4 is 14.9 Å². The number of rotatable bonds is 6. The maximum Gasteiger partial charge on any atom is 0.271 e. The molecular formula is C17H18N2O4. The van der Waals surface area contributed by atoms with Crippen LogP contribution >= 0.6 is 0 Å². The lowest BCUT2D eigenvalue weighted by atomic mass is 10.2. The van der Waals surface area contributed by atoms with E-state index in [-0.39, 0.29) is 11.7 Å². The summed E-state index contributed by atoms with van der Waals surface area (Å²) in [7, 11) is 1.46.